The topological polar surface area (TPSA) is 97.0 Å². The van der Waals surface area contributed by atoms with Crippen molar-refractivity contribution in [2.24, 2.45) is 0 Å². The number of nitrogens with one attached hydrogen (secondary N) is 2. The Morgan fingerprint density at radius 3 is 2.44 bits per heavy atom. The van der Waals surface area contributed by atoms with E-state index in [-0.39, 0.29) is 30.0 Å². The zero-order valence-electron chi connectivity index (χ0n) is 19.7. The maximum absolute atomic E-state index is 12.5. The molecule has 8 heteroatoms. The highest BCUT2D eigenvalue weighted by Gasteiger charge is 2.10. The van der Waals surface area contributed by atoms with E-state index in [1.165, 1.54) is 5.56 Å². The van der Waals surface area contributed by atoms with Crippen molar-refractivity contribution in [2.75, 3.05) is 6.54 Å². The quantitative estimate of drug-likeness (QED) is 0.289. The molecule has 36 heavy (non-hydrogen) atoms. The summed E-state index contributed by atoms with van der Waals surface area (Å²) >= 11 is 6.00. The Morgan fingerprint density at radius 2 is 1.69 bits per heavy atom. The smallest absolute Gasteiger partial charge is 0.273 e. The van der Waals surface area contributed by atoms with Gasteiger partial charge >= 0.3 is 0 Å². The highest BCUT2D eigenvalue weighted by atomic mass is 35.5. The Kier molecular flexibility index (Phi) is 8.83. The standard InChI is InChI=1S/C28H27ClN4O3/c29-23-10-4-8-21(18-23)19-36-24-13-11-22(12-14-24)27-31-28(35)25(32-33-27)15-16-26(34)30-17-5-9-20-6-2-1-3-7-20/h1-4,6-8,10-14,18H,5,9,15-17,19H2,(H,30,34)(H,31,33,35). The summed E-state index contributed by atoms with van der Waals surface area (Å²) < 4.78 is 5.79. The number of aromatic nitrogens is 3. The molecule has 0 fully saturated rings. The molecule has 184 valence electrons. The maximum atomic E-state index is 12.5. The second-order valence-electron chi connectivity index (χ2n) is 8.33. The number of hydrogen-bond donors (Lipinski definition) is 2. The van der Waals surface area contributed by atoms with E-state index >= 15 is 0 Å². The minimum Gasteiger partial charge on any atom is -0.489 e. The fraction of sp³-hybridized carbons (Fsp3) is 0.214. The van der Waals surface area contributed by atoms with Crippen molar-refractivity contribution in [1.29, 1.82) is 0 Å². The molecule has 1 aromatic heterocycles. The summed E-state index contributed by atoms with van der Waals surface area (Å²) in [6.45, 7) is 0.985. The number of rotatable bonds is 11. The molecule has 0 aliphatic rings. The summed E-state index contributed by atoms with van der Waals surface area (Å²) in [6.07, 6.45) is 2.17. The van der Waals surface area contributed by atoms with E-state index in [4.69, 9.17) is 16.3 Å². The van der Waals surface area contributed by atoms with E-state index in [1.54, 1.807) is 24.3 Å². The lowest BCUT2D eigenvalue weighted by Crippen LogP contribution is -2.26. The third kappa shape index (κ3) is 7.52. The molecule has 1 amide bonds. The number of amides is 1. The molecule has 0 unspecified atom stereocenters. The first kappa shape index (κ1) is 25.1. The molecule has 0 aliphatic heterocycles. The van der Waals surface area contributed by atoms with Gasteiger partial charge in [0.05, 0.1) is 0 Å². The number of nitrogens with zero attached hydrogens (tertiary/aromatic N) is 2. The molecule has 0 saturated heterocycles. The van der Waals surface area contributed by atoms with Gasteiger partial charge in [-0.15, -0.1) is 10.2 Å². The molecule has 4 rings (SSSR count). The van der Waals surface area contributed by atoms with Crippen molar-refractivity contribution in [3.63, 3.8) is 0 Å². The van der Waals surface area contributed by atoms with Crippen molar-refractivity contribution in [3.8, 4) is 17.1 Å². The molecule has 1 heterocycles. The van der Waals surface area contributed by atoms with Crippen molar-refractivity contribution in [3.05, 3.63) is 111 Å². The minimum absolute atomic E-state index is 0.110. The van der Waals surface area contributed by atoms with Crippen LogP contribution in [0, 0.1) is 0 Å². The molecule has 7 nitrogen and oxygen atoms in total. The van der Waals surface area contributed by atoms with E-state index in [9.17, 15) is 9.59 Å². The van der Waals surface area contributed by atoms with Crippen LogP contribution in [0.3, 0.4) is 0 Å². The van der Waals surface area contributed by atoms with Crippen molar-refractivity contribution >= 4 is 17.5 Å². The second kappa shape index (κ2) is 12.7. The van der Waals surface area contributed by atoms with Gasteiger partial charge in [-0.3, -0.25) is 9.59 Å². The summed E-state index contributed by atoms with van der Waals surface area (Å²) in [4.78, 5) is 27.4. The first-order valence-electron chi connectivity index (χ1n) is 11.8. The lowest BCUT2D eigenvalue weighted by Gasteiger charge is -2.08. The molecular weight excluding hydrogens is 476 g/mol. The summed E-state index contributed by atoms with van der Waals surface area (Å²) in [7, 11) is 0. The van der Waals surface area contributed by atoms with Crippen LogP contribution in [0.1, 0.15) is 29.7 Å². The number of aryl methyl sites for hydroxylation is 2. The van der Waals surface area contributed by atoms with Crippen LogP contribution in [-0.4, -0.2) is 27.6 Å². The zero-order valence-corrected chi connectivity index (χ0v) is 20.5. The van der Waals surface area contributed by atoms with Gasteiger partial charge in [0.15, 0.2) is 5.82 Å². The molecule has 2 N–H and O–H groups in total. The molecule has 0 aliphatic carbocycles. The van der Waals surface area contributed by atoms with Crippen LogP contribution in [0.15, 0.2) is 83.7 Å². The van der Waals surface area contributed by atoms with Gasteiger partial charge in [0.2, 0.25) is 5.91 Å². The van der Waals surface area contributed by atoms with Gasteiger partial charge in [-0.2, -0.15) is 0 Å². The maximum Gasteiger partial charge on any atom is 0.273 e. The third-order valence-electron chi connectivity index (χ3n) is 5.58. The average Bonchev–Trinajstić information content (AvgIpc) is 2.90. The van der Waals surface area contributed by atoms with Gasteiger partial charge in [-0.25, -0.2) is 0 Å². The largest absolute Gasteiger partial charge is 0.489 e. The normalized spacial score (nSPS) is 10.7. The fourth-order valence-electron chi connectivity index (χ4n) is 3.64. The molecule has 0 saturated carbocycles. The molecule has 4 aromatic rings. The summed E-state index contributed by atoms with van der Waals surface area (Å²) in [6, 6.07) is 24.8. The summed E-state index contributed by atoms with van der Waals surface area (Å²) in [5.41, 5.74) is 2.81. The van der Waals surface area contributed by atoms with Crippen LogP contribution in [0.5, 0.6) is 5.75 Å². The minimum atomic E-state index is -0.349. The van der Waals surface area contributed by atoms with E-state index in [1.807, 2.05) is 42.5 Å². The predicted octanol–water partition coefficient (Wildman–Crippen LogP) is 4.75. The van der Waals surface area contributed by atoms with Crippen LogP contribution in [-0.2, 0) is 24.2 Å². The Bertz CT molecular complexity index is 1340. The fourth-order valence-corrected chi connectivity index (χ4v) is 3.85. The SMILES string of the molecule is O=C(CCc1nnc(-c2ccc(OCc3cccc(Cl)c3)cc2)[nH]c1=O)NCCCc1ccccc1. The highest BCUT2D eigenvalue weighted by molar-refractivity contribution is 6.30. The van der Waals surface area contributed by atoms with Crippen molar-refractivity contribution < 1.29 is 9.53 Å². The van der Waals surface area contributed by atoms with E-state index in [0.29, 0.717) is 35.3 Å². The van der Waals surface area contributed by atoms with Gasteiger partial charge < -0.3 is 15.0 Å². The molecule has 0 atom stereocenters. The Balaban J connectivity index is 1.24. The van der Waals surface area contributed by atoms with Gasteiger partial charge in [-0.1, -0.05) is 54.1 Å². The number of halogens is 1. The number of carbonyl (C=O) groups excluding carboxylic acids is 1. The Hall–Kier alpha value is -3.97. The van der Waals surface area contributed by atoms with Crippen LogP contribution >= 0.6 is 11.6 Å². The molecule has 0 radical (unpaired) electrons. The van der Waals surface area contributed by atoms with Crippen LogP contribution < -0.4 is 15.6 Å². The summed E-state index contributed by atoms with van der Waals surface area (Å²) in [5, 5.41) is 11.7. The number of benzene rings is 3. The Morgan fingerprint density at radius 1 is 0.917 bits per heavy atom. The van der Waals surface area contributed by atoms with Gasteiger partial charge in [-0.05, 0) is 60.4 Å². The summed E-state index contributed by atoms with van der Waals surface area (Å²) in [5.74, 6) is 0.928. The van der Waals surface area contributed by atoms with Crippen molar-refractivity contribution in [1.82, 2.24) is 20.5 Å². The number of aromatic amines is 1. The zero-order chi connectivity index (χ0) is 25.2. The van der Waals surface area contributed by atoms with Gasteiger partial charge in [0, 0.05) is 30.0 Å². The molecule has 0 spiro atoms. The van der Waals surface area contributed by atoms with Crippen LogP contribution in [0.4, 0.5) is 0 Å². The Labute approximate surface area is 214 Å². The first-order valence-corrected chi connectivity index (χ1v) is 12.2. The lowest BCUT2D eigenvalue weighted by atomic mass is 10.1. The van der Waals surface area contributed by atoms with E-state index in [2.05, 4.69) is 32.6 Å². The van der Waals surface area contributed by atoms with Gasteiger partial charge in [0.25, 0.3) is 5.56 Å². The van der Waals surface area contributed by atoms with Crippen LogP contribution in [0.25, 0.3) is 11.4 Å². The van der Waals surface area contributed by atoms with E-state index < -0.39 is 0 Å². The third-order valence-corrected chi connectivity index (χ3v) is 5.82. The monoisotopic (exact) mass is 502 g/mol. The van der Waals surface area contributed by atoms with Crippen molar-refractivity contribution in [2.45, 2.75) is 32.3 Å². The number of H-pyrrole nitrogens is 1. The highest BCUT2D eigenvalue weighted by Crippen LogP contribution is 2.20. The van der Waals surface area contributed by atoms with E-state index in [0.717, 1.165) is 18.4 Å². The number of hydrogen-bond acceptors (Lipinski definition) is 5. The van der Waals surface area contributed by atoms with Crippen LogP contribution in [0.2, 0.25) is 5.02 Å². The number of ether oxygens (including phenoxy) is 1. The lowest BCUT2D eigenvalue weighted by molar-refractivity contribution is -0.121. The number of carbonyl (C=O) groups is 1. The molecule has 3 aromatic carbocycles. The molecule has 0 bridgehead atoms. The average molecular weight is 503 g/mol. The first-order chi connectivity index (χ1) is 17.6. The molecular formula is C28H27ClN4O3. The second-order valence-corrected chi connectivity index (χ2v) is 8.77. The van der Waals surface area contributed by atoms with Gasteiger partial charge in [0.1, 0.15) is 18.1 Å². The predicted molar refractivity (Wildman–Crippen MR) is 140 cm³/mol.